The fraction of sp³-hybridized carbons (Fsp3) is 0.625. The molecule has 1 aromatic rings. The highest BCUT2D eigenvalue weighted by atomic mass is 16.5. The highest BCUT2D eigenvalue weighted by Gasteiger charge is 2.18. The van der Waals surface area contributed by atoms with Gasteiger partial charge in [0.15, 0.2) is 0 Å². The van der Waals surface area contributed by atoms with Gasteiger partial charge >= 0.3 is 0 Å². The topological polar surface area (TPSA) is 21.3 Å². The third-order valence-electron chi connectivity index (χ3n) is 3.16. The molecule has 0 radical (unpaired) electrons. The standard InChI is InChI=1S/C16H27NO/c1-7-17-15(11-18-16(4,5)6)14-10-8-9-12(2)13(14)3/h8-10,15,17H,7,11H2,1-6H3. The molecule has 0 aliphatic rings. The first kappa shape index (κ1) is 15.2. The van der Waals surface area contributed by atoms with E-state index in [1.54, 1.807) is 0 Å². The highest BCUT2D eigenvalue weighted by Crippen LogP contribution is 2.22. The van der Waals surface area contributed by atoms with Crippen LogP contribution >= 0.6 is 0 Å². The number of rotatable bonds is 5. The molecule has 1 atom stereocenters. The van der Waals surface area contributed by atoms with Crippen molar-refractivity contribution in [1.29, 1.82) is 0 Å². The van der Waals surface area contributed by atoms with Crippen LogP contribution in [0.3, 0.4) is 0 Å². The summed E-state index contributed by atoms with van der Waals surface area (Å²) in [4.78, 5) is 0. The second-order valence-corrected chi connectivity index (χ2v) is 5.82. The minimum absolute atomic E-state index is 0.0919. The summed E-state index contributed by atoms with van der Waals surface area (Å²) in [5, 5.41) is 3.51. The molecule has 2 nitrogen and oxygen atoms in total. The van der Waals surface area contributed by atoms with Crippen LogP contribution in [0.2, 0.25) is 0 Å². The predicted molar refractivity (Wildman–Crippen MR) is 78.0 cm³/mol. The summed E-state index contributed by atoms with van der Waals surface area (Å²) < 4.78 is 5.93. The van der Waals surface area contributed by atoms with E-state index < -0.39 is 0 Å². The molecule has 1 unspecified atom stereocenters. The molecule has 0 aromatic heterocycles. The molecule has 1 rings (SSSR count). The summed E-state index contributed by atoms with van der Waals surface area (Å²) in [6, 6.07) is 6.75. The van der Waals surface area contributed by atoms with E-state index in [9.17, 15) is 0 Å². The molecule has 1 aromatic carbocycles. The predicted octanol–water partition coefficient (Wildman–Crippen LogP) is 3.77. The molecule has 0 saturated carbocycles. The Labute approximate surface area is 112 Å². The van der Waals surface area contributed by atoms with Gasteiger partial charge in [0, 0.05) is 0 Å². The Morgan fingerprint density at radius 3 is 2.44 bits per heavy atom. The maximum absolute atomic E-state index is 5.93. The summed E-state index contributed by atoms with van der Waals surface area (Å²) in [5.74, 6) is 0. The number of hydrogen-bond donors (Lipinski definition) is 1. The normalized spacial score (nSPS) is 13.7. The van der Waals surface area contributed by atoms with Gasteiger partial charge in [-0.1, -0.05) is 25.1 Å². The van der Waals surface area contributed by atoms with Crippen LogP contribution in [0.15, 0.2) is 18.2 Å². The maximum atomic E-state index is 5.93. The van der Waals surface area contributed by atoms with Gasteiger partial charge in [0.05, 0.1) is 18.2 Å². The van der Waals surface area contributed by atoms with Crippen LogP contribution in [0.1, 0.15) is 50.4 Å². The van der Waals surface area contributed by atoms with Gasteiger partial charge in [-0.25, -0.2) is 0 Å². The van der Waals surface area contributed by atoms with E-state index in [2.05, 4.69) is 65.1 Å². The fourth-order valence-electron chi connectivity index (χ4n) is 1.99. The number of nitrogens with one attached hydrogen (secondary N) is 1. The van der Waals surface area contributed by atoms with Crippen LogP contribution in [0.25, 0.3) is 0 Å². The van der Waals surface area contributed by atoms with Crippen LogP contribution < -0.4 is 5.32 Å². The Balaban J connectivity index is 2.87. The molecule has 0 aliphatic heterocycles. The lowest BCUT2D eigenvalue weighted by Gasteiger charge is -2.26. The Bertz CT molecular complexity index is 379. The van der Waals surface area contributed by atoms with Crippen LogP contribution in [0.5, 0.6) is 0 Å². The van der Waals surface area contributed by atoms with Crippen LogP contribution in [0.4, 0.5) is 0 Å². The number of aryl methyl sites for hydroxylation is 1. The van der Waals surface area contributed by atoms with E-state index in [4.69, 9.17) is 4.74 Å². The minimum Gasteiger partial charge on any atom is -0.374 e. The monoisotopic (exact) mass is 249 g/mol. The fourth-order valence-corrected chi connectivity index (χ4v) is 1.99. The van der Waals surface area contributed by atoms with E-state index in [0.29, 0.717) is 6.61 Å². The van der Waals surface area contributed by atoms with E-state index in [-0.39, 0.29) is 11.6 Å². The highest BCUT2D eigenvalue weighted by molar-refractivity contribution is 5.35. The zero-order valence-corrected chi connectivity index (χ0v) is 12.6. The molecule has 0 heterocycles. The molecule has 0 fully saturated rings. The third-order valence-corrected chi connectivity index (χ3v) is 3.16. The van der Waals surface area contributed by atoms with Crippen molar-refractivity contribution in [1.82, 2.24) is 5.32 Å². The quantitative estimate of drug-likeness (QED) is 0.857. The van der Waals surface area contributed by atoms with E-state index >= 15 is 0 Å². The second kappa shape index (κ2) is 6.35. The zero-order chi connectivity index (χ0) is 13.8. The molecule has 0 bridgehead atoms. The summed E-state index contributed by atoms with van der Waals surface area (Å²) in [6.07, 6.45) is 0. The molecule has 18 heavy (non-hydrogen) atoms. The molecule has 1 N–H and O–H groups in total. The summed E-state index contributed by atoms with van der Waals surface area (Å²) in [6.45, 7) is 14.4. The number of benzene rings is 1. The Morgan fingerprint density at radius 2 is 1.89 bits per heavy atom. The largest absolute Gasteiger partial charge is 0.374 e. The van der Waals surface area contributed by atoms with Crippen molar-refractivity contribution < 1.29 is 4.74 Å². The van der Waals surface area contributed by atoms with Crippen molar-refractivity contribution >= 4 is 0 Å². The third kappa shape index (κ3) is 4.43. The van der Waals surface area contributed by atoms with Crippen LogP contribution in [-0.2, 0) is 4.74 Å². The Hall–Kier alpha value is -0.860. The molecular weight excluding hydrogens is 222 g/mol. The zero-order valence-electron chi connectivity index (χ0n) is 12.6. The van der Waals surface area contributed by atoms with Crippen molar-refractivity contribution in [2.45, 2.75) is 53.2 Å². The van der Waals surface area contributed by atoms with Crippen LogP contribution in [0, 0.1) is 13.8 Å². The molecule has 0 spiro atoms. The van der Waals surface area contributed by atoms with Gasteiger partial charge in [0.2, 0.25) is 0 Å². The first-order valence-corrected chi connectivity index (χ1v) is 6.78. The average Bonchev–Trinajstić information content (AvgIpc) is 2.27. The van der Waals surface area contributed by atoms with Crippen molar-refractivity contribution in [3.05, 3.63) is 34.9 Å². The van der Waals surface area contributed by atoms with Crippen molar-refractivity contribution in [3.8, 4) is 0 Å². The molecule has 2 heteroatoms. The Kier molecular flexibility index (Phi) is 5.36. The van der Waals surface area contributed by atoms with Gasteiger partial charge in [-0.05, 0) is 57.9 Å². The van der Waals surface area contributed by atoms with E-state index in [1.807, 2.05) is 0 Å². The van der Waals surface area contributed by atoms with Gasteiger partial charge in [-0.3, -0.25) is 0 Å². The first-order chi connectivity index (χ1) is 8.35. The van der Waals surface area contributed by atoms with Gasteiger partial charge < -0.3 is 10.1 Å². The maximum Gasteiger partial charge on any atom is 0.0668 e. The van der Waals surface area contributed by atoms with Gasteiger partial charge in [0.25, 0.3) is 0 Å². The summed E-state index contributed by atoms with van der Waals surface area (Å²) >= 11 is 0. The molecule has 102 valence electrons. The molecular formula is C16H27NO. The smallest absolute Gasteiger partial charge is 0.0668 e. The summed E-state index contributed by atoms with van der Waals surface area (Å²) in [5.41, 5.74) is 3.96. The van der Waals surface area contributed by atoms with E-state index in [1.165, 1.54) is 16.7 Å². The van der Waals surface area contributed by atoms with E-state index in [0.717, 1.165) is 6.54 Å². The number of hydrogen-bond acceptors (Lipinski definition) is 2. The second-order valence-electron chi connectivity index (χ2n) is 5.82. The molecule has 0 aliphatic carbocycles. The lowest BCUT2D eigenvalue weighted by molar-refractivity contribution is -0.0147. The number of ether oxygens (including phenoxy) is 1. The SMILES string of the molecule is CCNC(COC(C)(C)C)c1cccc(C)c1C. The van der Waals surface area contributed by atoms with Crippen LogP contribution in [-0.4, -0.2) is 18.8 Å². The van der Waals surface area contributed by atoms with Gasteiger partial charge in [0.1, 0.15) is 0 Å². The first-order valence-electron chi connectivity index (χ1n) is 6.78. The van der Waals surface area contributed by atoms with Gasteiger partial charge in [-0.15, -0.1) is 0 Å². The number of likely N-dealkylation sites (N-methyl/N-ethyl adjacent to an activating group) is 1. The van der Waals surface area contributed by atoms with Crippen molar-refractivity contribution in [2.24, 2.45) is 0 Å². The summed E-state index contributed by atoms with van der Waals surface area (Å²) in [7, 11) is 0. The minimum atomic E-state index is -0.0919. The average molecular weight is 249 g/mol. The Morgan fingerprint density at radius 1 is 1.22 bits per heavy atom. The van der Waals surface area contributed by atoms with Gasteiger partial charge in [-0.2, -0.15) is 0 Å². The molecule has 0 amide bonds. The molecule has 0 saturated heterocycles. The van der Waals surface area contributed by atoms with Crippen molar-refractivity contribution in [3.63, 3.8) is 0 Å². The lowest BCUT2D eigenvalue weighted by atomic mass is 9.97. The van der Waals surface area contributed by atoms with Crippen molar-refractivity contribution in [2.75, 3.05) is 13.2 Å². The lowest BCUT2D eigenvalue weighted by Crippen LogP contribution is -2.30.